The molecule has 164 valence electrons. The lowest BCUT2D eigenvalue weighted by molar-refractivity contribution is -0.274. The van der Waals surface area contributed by atoms with Crippen molar-refractivity contribution in [2.45, 2.75) is 30.2 Å². The quantitative estimate of drug-likeness (QED) is 0.249. The number of halogens is 6. The number of hydrogen-bond donors (Lipinski definition) is 1. The normalized spacial score (nSPS) is 12.6. The molecule has 0 atom stereocenters. The van der Waals surface area contributed by atoms with Crippen molar-refractivity contribution >= 4 is 55.4 Å². The van der Waals surface area contributed by atoms with Gasteiger partial charge in [-0.05, 0) is 49.0 Å². The van der Waals surface area contributed by atoms with Gasteiger partial charge in [-0.15, -0.1) is 13.2 Å². The highest BCUT2D eigenvalue weighted by Crippen LogP contribution is 2.38. The van der Waals surface area contributed by atoms with Crippen molar-refractivity contribution in [1.29, 1.82) is 0 Å². The van der Waals surface area contributed by atoms with Gasteiger partial charge in [0.15, 0.2) is 5.13 Å². The molecule has 0 amide bonds. The number of aryl methyl sites for hydroxylation is 1. The van der Waals surface area contributed by atoms with Crippen LogP contribution < -0.4 is 10.1 Å². The average Bonchev–Trinajstić information content (AvgIpc) is 3.18. The smallest absolute Gasteiger partial charge is 0.406 e. The molecule has 2 aromatic carbocycles. The zero-order chi connectivity index (χ0) is 22.4. The summed E-state index contributed by atoms with van der Waals surface area (Å²) in [5, 5.41) is 3.37. The van der Waals surface area contributed by atoms with Gasteiger partial charge in [-0.2, -0.15) is 13.2 Å². The van der Waals surface area contributed by atoms with Crippen molar-refractivity contribution in [2.75, 3.05) is 5.32 Å². The van der Waals surface area contributed by atoms with Gasteiger partial charge < -0.3 is 14.6 Å². The maximum atomic E-state index is 12.6. The van der Waals surface area contributed by atoms with Crippen molar-refractivity contribution in [3.05, 3.63) is 36.4 Å². The first kappa shape index (κ1) is 21.6. The van der Waals surface area contributed by atoms with Gasteiger partial charge in [0.2, 0.25) is 5.95 Å². The Labute approximate surface area is 179 Å². The molecule has 0 fully saturated rings. The summed E-state index contributed by atoms with van der Waals surface area (Å²) in [5.74, 6) is 0.00294. The lowest BCUT2D eigenvalue weighted by atomic mass is 10.3. The Morgan fingerprint density at radius 3 is 2.48 bits per heavy atom. The molecular weight excluding hydrogens is 466 g/mol. The maximum Gasteiger partial charge on any atom is 0.573 e. The summed E-state index contributed by atoms with van der Waals surface area (Å²) in [6.45, 7) is 2.34. The summed E-state index contributed by atoms with van der Waals surface area (Å²) < 4.78 is 81.3. The Bertz CT molecular complexity index is 1250. The number of fused-ring (bicyclic) bond motifs is 2. The van der Waals surface area contributed by atoms with Gasteiger partial charge in [-0.25, -0.2) is 9.97 Å². The van der Waals surface area contributed by atoms with E-state index < -0.39 is 11.9 Å². The first-order chi connectivity index (χ1) is 14.5. The highest BCUT2D eigenvalue weighted by atomic mass is 32.2. The van der Waals surface area contributed by atoms with E-state index in [0.717, 1.165) is 11.3 Å². The minimum Gasteiger partial charge on any atom is -0.406 e. The molecular formula is C18H12F6N4OS2. The maximum absolute atomic E-state index is 12.6. The summed E-state index contributed by atoms with van der Waals surface area (Å²) in [6, 6.07) is 8.09. The lowest BCUT2D eigenvalue weighted by Gasteiger charge is -2.07. The predicted octanol–water partition coefficient (Wildman–Crippen LogP) is 6.92. The monoisotopic (exact) mass is 478 g/mol. The highest BCUT2D eigenvalue weighted by molar-refractivity contribution is 8.00. The van der Waals surface area contributed by atoms with Crippen LogP contribution in [0.1, 0.15) is 6.92 Å². The van der Waals surface area contributed by atoms with Crippen molar-refractivity contribution in [2.24, 2.45) is 0 Å². The van der Waals surface area contributed by atoms with Crippen LogP contribution in [0.4, 0.5) is 37.4 Å². The minimum absolute atomic E-state index is 0.0180. The first-order valence-corrected chi connectivity index (χ1v) is 10.3. The van der Waals surface area contributed by atoms with E-state index in [2.05, 4.69) is 20.0 Å². The number of nitrogens with one attached hydrogen (secondary N) is 1. The lowest BCUT2D eigenvalue weighted by Crippen LogP contribution is -2.16. The standard InChI is InChI=1S/C18H12F6N4OS2/c1-2-28-13-6-4-10(31-18(22,23)24)8-12(13)25-15(28)27-16-26-11-5-3-9(7-14(11)30-16)29-17(19,20)21/h3-8H,2H2,1H3,(H,25,26,27). The molecule has 2 aromatic heterocycles. The molecule has 0 aliphatic rings. The molecule has 0 aliphatic heterocycles. The van der Waals surface area contributed by atoms with Crippen LogP contribution in [0.3, 0.4) is 0 Å². The molecule has 0 saturated carbocycles. The van der Waals surface area contributed by atoms with Crippen LogP contribution in [-0.2, 0) is 6.54 Å². The third-order valence-electron chi connectivity index (χ3n) is 4.08. The number of benzene rings is 2. The van der Waals surface area contributed by atoms with E-state index in [1.165, 1.54) is 30.3 Å². The predicted molar refractivity (Wildman–Crippen MR) is 107 cm³/mol. The summed E-state index contributed by atoms with van der Waals surface area (Å²) in [5.41, 5.74) is -2.93. The van der Waals surface area contributed by atoms with Crippen LogP contribution in [0, 0.1) is 0 Å². The molecule has 13 heteroatoms. The molecule has 0 aliphatic carbocycles. The molecule has 31 heavy (non-hydrogen) atoms. The Morgan fingerprint density at radius 2 is 1.81 bits per heavy atom. The third-order valence-corrected chi connectivity index (χ3v) is 5.74. The number of alkyl halides is 6. The number of anilines is 2. The molecule has 0 radical (unpaired) electrons. The topological polar surface area (TPSA) is 52.0 Å². The summed E-state index contributed by atoms with van der Waals surface area (Å²) in [4.78, 5) is 8.71. The molecule has 0 spiro atoms. The second kappa shape index (κ2) is 7.79. The van der Waals surface area contributed by atoms with Crippen molar-refractivity contribution in [3.8, 4) is 5.75 Å². The van der Waals surface area contributed by atoms with Crippen molar-refractivity contribution in [3.63, 3.8) is 0 Å². The molecule has 0 unspecified atom stereocenters. The Kier molecular flexibility index (Phi) is 5.41. The van der Waals surface area contributed by atoms with E-state index in [1.54, 1.807) is 10.6 Å². The van der Waals surface area contributed by atoms with Crippen LogP contribution in [0.25, 0.3) is 21.3 Å². The summed E-state index contributed by atoms with van der Waals surface area (Å²) >= 11 is 0.875. The van der Waals surface area contributed by atoms with E-state index in [9.17, 15) is 26.3 Å². The fourth-order valence-electron chi connectivity index (χ4n) is 2.97. The number of imidazole rings is 1. The van der Waals surface area contributed by atoms with Crippen LogP contribution in [-0.4, -0.2) is 26.4 Å². The molecule has 4 rings (SSSR count). The minimum atomic E-state index is -4.80. The Balaban J connectivity index is 1.64. The highest BCUT2D eigenvalue weighted by Gasteiger charge is 2.31. The number of ether oxygens (including phenoxy) is 1. The number of hydrogen-bond acceptors (Lipinski definition) is 6. The van der Waals surface area contributed by atoms with E-state index in [-0.39, 0.29) is 22.4 Å². The SMILES string of the molecule is CCn1c(Nc2nc3ccc(OC(F)(F)F)cc3s2)nc2cc(SC(F)(F)F)ccc21. The Morgan fingerprint density at radius 1 is 1.03 bits per heavy atom. The van der Waals surface area contributed by atoms with Gasteiger partial charge in [-0.1, -0.05) is 11.3 Å². The fraction of sp³-hybridized carbons (Fsp3) is 0.222. The second-order valence-electron chi connectivity index (χ2n) is 6.20. The molecule has 1 N–H and O–H groups in total. The van der Waals surface area contributed by atoms with Gasteiger partial charge in [0.25, 0.3) is 0 Å². The number of aromatic nitrogens is 3. The number of thioether (sulfide) groups is 1. The number of rotatable bonds is 5. The zero-order valence-corrected chi connectivity index (χ0v) is 17.1. The molecule has 5 nitrogen and oxygen atoms in total. The Hall–Kier alpha value is -2.67. The number of nitrogens with zero attached hydrogens (tertiary/aromatic N) is 3. The zero-order valence-electron chi connectivity index (χ0n) is 15.5. The van der Waals surface area contributed by atoms with E-state index in [4.69, 9.17) is 0 Å². The van der Waals surface area contributed by atoms with Gasteiger partial charge in [0.05, 0.1) is 21.3 Å². The molecule has 0 bridgehead atoms. The van der Waals surface area contributed by atoms with Gasteiger partial charge in [0, 0.05) is 17.5 Å². The summed E-state index contributed by atoms with van der Waals surface area (Å²) in [6.07, 6.45) is -4.80. The van der Waals surface area contributed by atoms with Crippen LogP contribution >= 0.6 is 23.1 Å². The fourth-order valence-corrected chi connectivity index (χ4v) is 4.44. The summed E-state index contributed by atoms with van der Waals surface area (Å²) in [7, 11) is 0. The van der Waals surface area contributed by atoms with Crippen LogP contribution in [0.5, 0.6) is 5.75 Å². The van der Waals surface area contributed by atoms with E-state index >= 15 is 0 Å². The average molecular weight is 478 g/mol. The van der Waals surface area contributed by atoms with Crippen LogP contribution in [0.2, 0.25) is 0 Å². The van der Waals surface area contributed by atoms with Gasteiger partial charge in [-0.3, -0.25) is 0 Å². The van der Waals surface area contributed by atoms with E-state index in [0.29, 0.717) is 38.9 Å². The largest absolute Gasteiger partial charge is 0.573 e. The van der Waals surface area contributed by atoms with E-state index in [1.807, 2.05) is 6.92 Å². The first-order valence-electron chi connectivity index (χ1n) is 8.70. The third kappa shape index (κ3) is 4.98. The molecule has 4 aromatic rings. The second-order valence-corrected chi connectivity index (χ2v) is 8.37. The molecule has 2 heterocycles. The van der Waals surface area contributed by atoms with Crippen molar-refractivity contribution in [1.82, 2.24) is 14.5 Å². The van der Waals surface area contributed by atoms with Crippen LogP contribution in [0.15, 0.2) is 41.3 Å². The van der Waals surface area contributed by atoms with Gasteiger partial charge >= 0.3 is 11.9 Å². The molecule has 0 saturated heterocycles. The van der Waals surface area contributed by atoms with Gasteiger partial charge in [0.1, 0.15) is 5.75 Å². The number of thiazole rings is 1. The van der Waals surface area contributed by atoms with Crippen molar-refractivity contribution < 1.29 is 31.1 Å².